The number of halogens is 2. The van der Waals surface area contributed by atoms with Crippen molar-refractivity contribution in [1.82, 2.24) is 0 Å². The van der Waals surface area contributed by atoms with Crippen LogP contribution >= 0.6 is 15.9 Å². The summed E-state index contributed by atoms with van der Waals surface area (Å²) in [5, 5.41) is 0. The minimum absolute atomic E-state index is 0.426. The lowest BCUT2D eigenvalue weighted by Crippen LogP contribution is -2.14. The lowest BCUT2D eigenvalue weighted by molar-refractivity contribution is 0.421. The van der Waals surface area contributed by atoms with Crippen LogP contribution in [0, 0.1) is 0 Å². The molecule has 0 bridgehead atoms. The van der Waals surface area contributed by atoms with Crippen LogP contribution in [0.5, 0.6) is 0 Å². The van der Waals surface area contributed by atoms with Gasteiger partial charge in [0.25, 0.3) is 0 Å². The zero-order chi connectivity index (χ0) is 7.72. The van der Waals surface area contributed by atoms with Gasteiger partial charge in [0.15, 0.2) is 6.17 Å². The zero-order valence-electron chi connectivity index (χ0n) is 5.99. The van der Waals surface area contributed by atoms with Crippen molar-refractivity contribution in [2.75, 3.05) is 0 Å². The number of alkyl halides is 1. The van der Waals surface area contributed by atoms with Gasteiger partial charge in [-0.05, 0) is 35.4 Å². The molecule has 1 rings (SSSR count). The van der Waals surface area contributed by atoms with Crippen LogP contribution in [0.25, 0.3) is 0 Å². The fourth-order valence-electron chi connectivity index (χ4n) is 0.826. The molecule has 1 aliphatic heterocycles. The Bertz CT molecular complexity index is 208. The van der Waals surface area contributed by atoms with Gasteiger partial charge in [-0.3, -0.25) is 0 Å². The Hall–Kier alpha value is -0.180. The first-order valence-corrected chi connectivity index (χ1v) is 3.95. The summed E-state index contributed by atoms with van der Waals surface area (Å²) in [5.41, 5.74) is 1.97. The van der Waals surface area contributed by atoms with Crippen molar-refractivity contribution in [3.63, 3.8) is 0 Å². The van der Waals surface area contributed by atoms with Gasteiger partial charge in [0.05, 0.1) is 0 Å². The largest absolute Gasteiger partial charge is 0.248 e. The lowest BCUT2D eigenvalue weighted by Gasteiger charge is -2.14. The zero-order valence-corrected chi connectivity index (χ0v) is 7.57. The molecule has 0 saturated heterocycles. The summed E-state index contributed by atoms with van der Waals surface area (Å²) in [6, 6.07) is 0. The van der Waals surface area contributed by atoms with Crippen LogP contribution in [0.4, 0.5) is 4.39 Å². The van der Waals surface area contributed by atoms with Crippen LogP contribution in [0.1, 0.15) is 20.3 Å². The Morgan fingerprint density at radius 2 is 2.20 bits per heavy atom. The number of nitrogens with zero attached hydrogens (tertiary/aromatic N) is 1. The van der Waals surface area contributed by atoms with Crippen molar-refractivity contribution in [3.05, 3.63) is 11.3 Å². The van der Waals surface area contributed by atoms with E-state index in [1.807, 2.05) is 13.8 Å². The quantitative estimate of drug-likeness (QED) is 0.577. The average molecular weight is 206 g/mol. The van der Waals surface area contributed by atoms with Gasteiger partial charge in [-0.25, -0.2) is 9.38 Å². The molecule has 0 aromatic heterocycles. The first kappa shape index (κ1) is 7.92. The van der Waals surface area contributed by atoms with E-state index in [9.17, 15) is 4.39 Å². The molecular weight excluding hydrogens is 197 g/mol. The van der Waals surface area contributed by atoms with Gasteiger partial charge in [0, 0.05) is 12.1 Å². The van der Waals surface area contributed by atoms with Crippen LogP contribution in [0.2, 0.25) is 0 Å². The topological polar surface area (TPSA) is 12.4 Å². The molecule has 56 valence electrons. The molecule has 0 aliphatic carbocycles. The first-order valence-electron chi connectivity index (χ1n) is 3.15. The standard InChI is InChI=1S/C7H9BrFN/c1-4-3-6(9)7(8)10-5(4)2/h6H,3H2,1-2H3. The summed E-state index contributed by atoms with van der Waals surface area (Å²) in [4.78, 5) is 3.98. The Morgan fingerprint density at radius 3 is 2.70 bits per heavy atom. The van der Waals surface area contributed by atoms with Crippen molar-refractivity contribution >= 4 is 20.6 Å². The van der Waals surface area contributed by atoms with E-state index in [0.717, 1.165) is 11.3 Å². The summed E-state index contributed by atoms with van der Waals surface area (Å²) in [6.07, 6.45) is -0.445. The van der Waals surface area contributed by atoms with Gasteiger partial charge >= 0.3 is 0 Å². The molecule has 1 aliphatic rings. The molecule has 0 spiro atoms. The summed E-state index contributed by atoms with van der Waals surface area (Å²) >= 11 is 3.06. The summed E-state index contributed by atoms with van der Waals surface area (Å²) in [5.74, 6) is 0. The second kappa shape index (κ2) is 2.82. The van der Waals surface area contributed by atoms with E-state index in [4.69, 9.17) is 0 Å². The molecule has 0 saturated carbocycles. The van der Waals surface area contributed by atoms with E-state index in [1.165, 1.54) is 0 Å². The average Bonchev–Trinajstić information content (AvgIpc) is 1.84. The molecule has 1 nitrogen and oxygen atoms in total. The number of rotatable bonds is 0. The van der Waals surface area contributed by atoms with E-state index >= 15 is 0 Å². The first-order chi connectivity index (χ1) is 4.61. The Balaban J connectivity index is 2.88. The number of aliphatic imine (C=N–C) groups is 1. The maximum absolute atomic E-state index is 12.8. The Kier molecular flexibility index (Phi) is 2.24. The van der Waals surface area contributed by atoms with Crippen molar-refractivity contribution in [1.29, 1.82) is 0 Å². The molecule has 3 heteroatoms. The van der Waals surface area contributed by atoms with Crippen LogP contribution in [-0.4, -0.2) is 10.8 Å². The summed E-state index contributed by atoms with van der Waals surface area (Å²) in [7, 11) is 0. The predicted octanol–water partition coefficient (Wildman–Crippen LogP) is 2.82. The molecule has 1 unspecified atom stereocenters. The van der Waals surface area contributed by atoms with Crippen LogP contribution < -0.4 is 0 Å². The maximum atomic E-state index is 12.8. The second-order valence-corrected chi connectivity index (χ2v) is 3.28. The van der Waals surface area contributed by atoms with Gasteiger partial charge in [0.1, 0.15) is 4.62 Å². The highest BCUT2D eigenvalue weighted by atomic mass is 79.9. The SMILES string of the molecule is CC1=C(C)N=C(Br)C(F)C1. The van der Waals surface area contributed by atoms with E-state index < -0.39 is 6.17 Å². The molecule has 0 amide bonds. The fraction of sp³-hybridized carbons (Fsp3) is 0.571. The van der Waals surface area contributed by atoms with E-state index in [2.05, 4.69) is 20.9 Å². The van der Waals surface area contributed by atoms with Gasteiger partial charge in [-0.15, -0.1) is 0 Å². The van der Waals surface area contributed by atoms with Crippen LogP contribution in [0.3, 0.4) is 0 Å². The third-order valence-corrected chi connectivity index (χ3v) is 2.31. The van der Waals surface area contributed by atoms with E-state index in [0.29, 0.717) is 11.0 Å². The fourth-order valence-corrected chi connectivity index (χ4v) is 1.25. The minimum Gasteiger partial charge on any atom is -0.248 e. The number of allylic oxidation sites excluding steroid dienone is 2. The highest BCUT2D eigenvalue weighted by Gasteiger charge is 2.18. The normalized spacial score (nSPS) is 26.8. The number of hydrogen-bond acceptors (Lipinski definition) is 1. The second-order valence-electron chi connectivity index (χ2n) is 2.47. The maximum Gasteiger partial charge on any atom is 0.152 e. The molecule has 1 atom stereocenters. The van der Waals surface area contributed by atoms with E-state index in [1.54, 1.807) is 0 Å². The van der Waals surface area contributed by atoms with E-state index in [-0.39, 0.29) is 0 Å². The molecule has 1 heterocycles. The van der Waals surface area contributed by atoms with Gasteiger partial charge < -0.3 is 0 Å². The number of hydrogen-bond donors (Lipinski definition) is 0. The Labute approximate surface area is 68.2 Å². The van der Waals surface area contributed by atoms with Crippen molar-refractivity contribution < 1.29 is 4.39 Å². The molecule has 0 aromatic rings. The van der Waals surface area contributed by atoms with Gasteiger partial charge in [-0.1, -0.05) is 0 Å². The minimum atomic E-state index is -0.927. The van der Waals surface area contributed by atoms with Crippen LogP contribution in [-0.2, 0) is 0 Å². The highest BCUT2D eigenvalue weighted by Crippen LogP contribution is 2.23. The summed E-state index contributed by atoms with van der Waals surface area (Å²) < 4.78 is 13.2. The van der Waals surface area contributed by atoms with Crippen LogP contribution in [0.15, 0.2) is 16.3 Å². The molecule has 0 N–H and O–H groups in total. The van der Waals surface area contributed by atoms with Gasteiger partial charge in [-0.2, -0.15) is 0 Å². The molecule has 0 radical (unpaired) electrons. The van der Waals surface area contributed by atoms with Crippen molar-refractivity contribution in [3.8, 4) is 0 Å². The summed E-state index contributed by atoms with van der Waals surface area (Å²) in [6.45, 7) is 3.80. The predicted molar refractivity (Wildman–Crippen MR) is 44.2 cm³/mol. The third kappa shape index (κ3) is 1.45. The third-order valence-electron chi connectivity index (χ3n) is 1.64. The lowest BCUT2D eigenvalue weighted by atomic mass is 10.1. The molecular formula is C7H9BrFN. The monoisotopic (exact) mass is 205 g/mol. The molecule has 0 aromatic carbocycles. The van der Waals surface area contributed by atoms with Gasteiger partial charge in [0.2, 0.25) is 0 Å². The molecule has 0 fully saturated rings. The Morgan fingerprint density at radius 1 is 1.60 bits per heavy atom. The highest BCUT2D eigenvalue weighted by molar-refractivity contribution is 9.18. The smallest absolute Gasteiger partial charge is 0.152 e. The van der Waals surface area contributed by atoms with Crippen molar-refractivity contribution in [2.45, 2.75) is 26.4 Å². The van der Waals surface area contributed by atoms with Crippen molar-refractivity contribution in [2.24, 2.45) is 4.99 Å². The molecule has 10 heavy (non-hydrogen) atoms.